The van der Waals surface area contributed by atoms with Crippen molar-refractivity contribution in [3.05, 3.63) is 0 Å². The quantitative estimate of drug-likeness (QED) is 0.600. The summed E-state index contributed by atoms with van der Waals surface area (Å²) in [5.74, 6) is 0.348. The Morgan fingerprint density at radius 3 is 2.41 bits per heavy atom. The van der Waals surface area contributed by atoms with E-state index in [9.17, 15) is 9.90 Å². The summed E-state index contributed by atoms with van der Waals surface area (Å²) in [6.07, 6.45) is 0.689. The van der Waals surface area contributed by atoms with Gasteiger partial charge < -0.3 is 15.7 Å². The fourth-order valence-electron chi connectivity index (χ4n) is 1.86. The Hall–Kier alpha value is -0.610. The minimum absolute atomic E-state index is 0.00465. The molecule has 0 aromatic rings. The van der Waals surface area contributed by atoms with Crippen molar-refractivity contribution in [3.63, 3.8) is 0 Å². The second-order valence-electron chi connectivity index (χ2n) is 5.52. The van der Waals surface area contributed by atoms with Crippen molar-refractivity contribution in [2.75, 3.05) is 19.6 Å². The van der Waals surface area contributed by atoms with Crippen LogP contribution in [0.25, 0.3) is 0 Å². The Kier molecular flexibility index (Phi) is 7.39. The van der Waals surface area contributed by atoms with Gasteiger partial charge in [0.15, 0.2) is 0 Å². The van der Waals surface area contributed by atoms with Gasteiger partial charge in [-0.3, -0.25) is 4.79 Å². The van der Waals surface area contributed by atoms with E-state index in [1.165, 1.54) is 0 Å². The fourth-order valence-corrected chi connectivity index (χ4v) is 1.86. The Morgan fingerprint density at radius 2 is 1.94 bits per heavy atom. The van der Waals surface area contributed by atoms with Gasteiger partial charge in [-0.2, -0.15) is 0 Å². The molecule has 2 atom stereocenters. The standard InChI is InChI=1S/C13H28N2O2/c1-6-14-8-11(4)12(16)15-9-13(5,17)7-10(2)3/h10-11,14,17H,6-9H2,1-5H3,(H,15,16). The molecule has 4 heteroatoms. The molecular weight excluding hydrogens is 216 g/mol. The van der Waals surface area contributed by atoms with Crippen molar-refractivity contribution in [2.24, 2.45) is 11.8 Å². The monoisotopic (exact) mass is 244 g/mol. The van der Waals surface area contributed by atoms with Crippen molar-refractivity contribution in [1.82, 2.24) is 10.6 Å². The van der Waals surface area contributed by atoms with Crippen molar-refractivity contribution in [1.29, 1.82) is 0 Å². The van der Waals surface area contributed by atoms with E-state index in [1.54, 1.807) is 6.92 Å². The second-order valence-corrected chi connectivity index (χ2v) is 5.52. The summed E-state index contributed by atoms with van der Waals surface area (Å²) in [6.45, 7) is 11.6. The lowest BCUT2D eigenvalue weighted by atomic mass is 9.94. The number of hydrogen-bond acceptors (Lipinski definition) is 3. The highest BCUT2D eigenvalue weighted by atomic mass is 16.3. The minimum atomic E-state index is -0.818. The molecule has 102 valence electrons. The lowest BCUT2D eigenvalue weighted by Gasteiger charge is -2.26. The molecule has 0 rings (SSSR count). The summed E-state index contributed by atoms with van der Waals surface area (Å²) in [5, 5.41) is 16.0. The zero-order chi connectivity index (χ0) is 13.5. The van der Waals surface area contributed by atoms with Crippen LogP contribution in [0.2, 0.25) is 0 Å². The van der Waals surface area contributed by atoms with E-state index in [-0.39, 0.29) is 11.8 Å². The van der Waals surface area contributed by atoms with E-state index >= 15 is 0 Å². The fraction of sp³-hybridized carbons (Fsp3) is 0.923. The number of rotatable bonds is 8. The van der Waals surface area contributed by atoms with E-state index in [0.29, 0.717) is 25.4 Å². The van der Waals surface area contributed by atoms with Gasteiger partial charge in [-0.15, -0.1) is 0 Å². The van der Waals surface area contributed by atoms with E-state index in [0.717, 1.165) is 6.54 Å². The Balaban J connectivity index is 3.97. The molecule has 1 amide bonds. The number of carbonyl (C=O) groups is 1. The van der Waals surface area contributed by atoms with Gasteiger partial charge in [-0.05, 0) is 25.8 Å². The number of aliphatic hydroxyl groups is 1. The van der Waals surface area contributed by atoms with Crippen LogP contribution in [0.3, 0.4) is 0 Å². The lowest BCUT2D eigenvalue weighted by molar-refractivity contribution is -0.125. The molecule has 0 aliphatic carbocycles. The van der Waals surface area contributed by atoms with Crippen LogP contribution >= 0.6 is 0 Å². The topological polar surface area (TPSA) is 61.4 Å². The van der Waals surface area contributed by atoms with Crippen LogP contribution in [0.15, 0.2) is 0 Å². The molecule has 0 heterocycles. The summed E-state index contributed by atoms with van der Waals surface area (Å²) in [7, 11) is 0. The first-order valence-electron chi connectivity index (χ1n) is 6.49. The molecule has 0 fully saturated rings. The molecule has 0 aliphatic rings. The smallest absolute Gasteiger partial charge is 0.224 e. The molecule has 4 nitrogen and oxygen atoms in total. The summed E-state index contributed by atoms with van der Waals surface area (Å²) in [6, 6.07) is 0. The van der Waals surface area contributed by atoms with E-state index < -0.39 is 5.60 Å². The Bertz CT molecular complexity index is 227. The average molecular weight is 244 g/mol. The van der Waals surface area contributed by atoms with Gasteiger partial charge in [0.2, 0.25) is 5.91 Å². The van der Waals surface area contributed by atoms with Crippen LogP contribution in [0.5, 0.6) is 0 Å². The highest BCUT2D eigenvalue weighted by Crippen LogP contribution is 2.15. The normalized spacial score (nSPS) is 16.6. The maximum Gasteiger partial charge on any atom is 0.224 e. The molecule has 17 heavy (non-hydrogen) atoms. The molecule has 0 spiro atoms. The number of nitrogens with one attached hydrogen (secondary N) is 2. The SMILES string of the molecule is CCNCC(C)C(=O)NCC(C)(O)CC(C)C. The van der Waals surface area contributed by atoms with Crippen LogP contribution in [0.1, 0.15) is 41.0 Å². The molecule has 3 N–H and O–H groups in total. The largest absolute Gasteiger partial charge is 0.388 e. The summed E-state index contributed by atoms with van der Waals surface area (Å²) < 4.78 is 0. The van der Waals surface area contributed by atoms with Crippen LogP contribution < -0.4 is 10.6 Å². The Labute approximate surface area is 105 Å². The minimum Gasteiger partial charge on any atom is -0.388 e. The van der Waals surface area contributed by atoms with Gasteiger partial charge in [0.05, 0.1) is 5.60 Å². The first-order chi connectivity index (χ1) is 7.78. The zero-order valence-corrected chi connectivity index (χ0v) is 11.8. The van der Waals surface area contributed by atoms with Gasteiger partial charge in [-0.1, -0.05) is 27.7 Å². The second kappa shape index (κ2) is 7.67. The van der Waals surface area contributed by atoms with Crippen LogP contribution in [-0.2, 0) is 4.79 Å². The molecule has 0 aromatic carbocycles. The third kappa shape index (κ3) is 8.16. The van der Waals surface area contributed by atoms with Gasteiger partial charge in [0.25, 0.3) is 0 Å². The van der Waals surface area contributed by atoms with E-state index in [1.807, 2.05) is 13.8 Å². The maximum absolute atomic E-state index is 11.7. The highest BCUT2D eigenvalue weighted by molar-refractivity contribution is 5.78. The van der Waals surface area contributed by atoms with Gasteiger partial charge in [0, 0.05) is 19.0 Å². The predicted molar refractivity (Wildman–Crippen MR) is 70.8 cm³/mol. The summed E-state index contributed by atoms with van der Waals surface area (Å²) >= 11 is 0. The highest BCUT2D eigenvalue weighted by Gasteiger charge is 2.23. The third-order valence-corrected chi connectivity index (χ3v) is 2.64. The third-order valence-electron chi connectivity index (χ3n) is 2.64. The van der Waals surface area contributed by atoms with Gasteiger partial charge >= 0.3 is 0 Å². The lowest BCUT2D eigenvalue weighted by Crippen LogP contribution is -2.44. The van der Waals surface area contributed by atoms with Crippen molar-refractivity contribution in [2.45, 2.75) is 46.6 Å². The van der Waals surface area contributed by atoms with E-state index in [2.05, 4.69) is 24.5 Å². The molecule has 0 saturated heterocycles. The first kappa shape index (κ1) is 16.4. The molecular formula is C13H28N2O2. The maximum atomic E-state index is 11.7. The first-order valence-corrected chi connectivity index (χ1v) is 6.49. The number of carbonyl (C=O) groups excluding carboxylic acids is 1. The van der Waals surface area contributed by atoms with Crippen LogP contribution in [0, 0.1) is 11.8 Å². The molecule has 0 saturated carbocycles. The van der Waals surface area contributed by atoms with Crippen molar-refractivity contribution < 1.29 is 9.90 Å². The van der Waals surface area contributed by atoms with Crippen LogP contribution in [0.4, 0.5) is 0 Å². The molecule has 2 unspecified atom stereocenters. The summed E-state index contributed by atoms with van der Waals surface area (Å²) in [4.78, 5) is 11.7. The molecule has 0 bridgehead atoms. The number of hydrogen-bond donors (Lipinski definition) is 3. The van der Waals surface area contributed by atoms with Gasteiger partial charge in [-0.25, -0.2) is 0 Å². The van der Waals surface area contributed by atoms with E-state index in [4.69, 9.17) is 0 Å². The molecule has 0 aromatic heterocycles. The van der Waals surface area contributed by atoms with Gasteiger partial charge in [0.1, 0.15) is 0 Å². The van der Waals surface area contributed by atoms with Crippen molar-refractivity contribution in [3.8, 4) is 0 Å². The predicted octanol–water partition coefficient (Wildman–Crippen LogP) is 1.15. The number of amides is 1. The molecule has 0 aliphatic heterocycles. The average Bonchev–Trinajstić information content (AvgIpc) is 2.20. The van der Waals surface area contributed by atoms with Crippen molar-refractivity contribution >= 4 is 5.91 Å². The molecule has 0 radical (unpaired) electrons. The Morgan fingerprint density at radius 1 is 1.35 bits per heavy atom. The summed E-state index contributed by atoms with van der Waals surface area (Å²) in [5.41, 5.74) is -0.818. The van der Waals surface area contributed by atoms with Crippen LogP contribution in [-0.4, -0.2) is 36.2 Å². The zero-order valence-electron chi connectivity index (χ0n) is 11.8.